The molecule has 0 aromatic carbocycles. The summed E-state index contributed by atoms with van der Waals surface area (Å²) in [7, 11) is 0. The van der Waals surface area contributed by atoms with Crippen LogP contribution >= 0.6 is 15.9 Å². The fourth-order valence-electron chi connectivity index (χ4n) is 1.21. The Balaban J connectivity index is 2.48. The molecule has 0 radical (unpaired) electrons. The smallest absolute Gasteiger partial charge is 0.313 e. The van der Waals surface area contributed by atoms with Crippen molar-refractivity contribution in [3.05, 3.63) is 0 Å². The Morgan fingerprint density at radius 3 is 2.50 bits per heavy atom. The summed E-state index contributed by atoms with van der Waals surface area (Å²) in [5.74, 6) is 0.489. The van der Waals surface area contributed by atoms with Crippen molar-refractivity contribution in [2.45, 2.75) is 20.0 Å². The van der Waals surface area contributed by atoms with Gasteiger partial charge in [-0.25, -0.2) is 0 Å². The van der Waals surface area contributed by atoms with Crippen molar-refractivity contribution < 1.29 is 9.53 Å². The highest BCUT2D eigenvalue weighted by Gasteiger charge is 2.43. The minimum atomic E-state index is -0.0422. The topological polar surface area (TPSA) is 26.3 Å². The van der Waals surface area contributed by atoms with E-state index in [-0.39, 0.29) is 18.0 Å². The van der Waals surface area contributed by atoms with Crippen molar-refractivity contribution in [2.75, 3.05) is 5.33 Å². The van der Waals surface area contributed by atoms with Crippen molar-refractivity contribution in [1.82, 2.24) is 0 Å². The van der Waals surface area contributed by atoms with E-state index in [1.165, 1.54) is 0 Å². The van der Waals surface area contributed by atoms with Crippen molar-refractivity contribution in [1.29, 1.82) is 0 Å². The number of alkyl halides is 1. The summed E-state index contributed by atoms with van der Waals surface area (Å²) >= 11 is 3.29. The highest BCUT2D eigenvalue weighted by Crippen LogP contribution is 2.30. The van der Waals surface area contributed by atoms with Gasteiger partial charge in [0.15, 0.2) is 0 Å². The molecule has 2 nitrogen and oxygen atoms in total. The number of hydrogen-bond acceptors (Lipinski definition) is 2. The number of ether oxygens (including phenoxy) is 1. The molecule has 0 unspecified atom stereocenters. The van der Waals surface area contributed by atoms with Gasteiger partial charge in [-0.2, -0.15) is 0 Å². The first-order chi connectivity index (χ1) is 4.66. The van der Waals surface area contributed by atoms with Crippen LogP contribution in [0.3, 0.4) is 0 Å². The van der Waals surface area contributed by atoms with Gasteiger partial charge in [-0.15, -0.1) is 0 Å². The number of esters is 1. The second kappa shape index (κ2) is 2.91. The van der Waals surface area contributed by atoms with Gasteiger partial charge in [0, 0.05) is 5.33 Å². The lowest BCUT2D eigenvalue weighted by atomic mass is 9.87. The molecule has 1 aliphatic rings. The van der Waals surface area contributed by atoms with Crippen LogP contribution in [0.25, 0.3) is 0 Å². The molecular formula is C7H11BrO2. The Kier molecular flexibility index (Phi) is 2.34. The molecule has 0 aromatic heterocycles. The molecule has 1 heterocycles. The van der Waals surface area contributed by atoms with Gasteiger partial charge in [-0.05, 0) is 5.92 Å². The Morgan fingerprint density at radius 1 is 1.70 bits per heavy atom. The van der Waals surface area contributed by atoms with Gasteiger partial charge in [-0.3, -0.25) is 4.79 Å². The number of rotatable bonds is 2. The van der Waals surface area contributed by atoms with E-state index >= 15 is 0 Å². The van der Waals surface area contributed by atoms with Gasteiger partial charge in [0.2, 0.25) is 0 Å². The van der Waals surface area contributed by atoms with Crippen molar-refractivity contribution in [2.24, 2.45) is 11.8 Å². The van der Waals surface area contributed by atoms with E-state index < -0.39 is 0 Å². The fourth-order valence-corrected chi connectivity index (χ4v) is 1.74. The van der Waals surface area contributed by atoms with E-state index in [1.807, 2.05) is 13.8 Å². The summed E-state index contributed by atoms with van der Waals surface area (Å²) in [5, 5.41) is 0.765. The third kappa shape index (κ3) is 1.19. The molecule has 1 saturated heterocycles. The van der Waals surface area contributed by atoms with Crippen molar-refractivity contribution in [3.8, 4) is 0 Å². The molecule has 0 aliphatic carbocycles. The molecule has 0 aromatic rings. The zero-order valence-electron chi connectivity index (χ0n) is 6.13. The van der Waals surface area contributed by atoms with Crippen LogP contribution in [0.2, 0.25) is 0 Å². The number of hydrogen-bond donors (Lipinski definition) is 0. The fraction of sp³-hybridized carbons (Fsp3) is 0.857. The summed E-state index contributed by atoms with van der Waals surface area (Å²) < 4.78 is 4.88. The average Bonchev–Trinajstić information content (AvgIpc) is 1.80. The van der Waals surface area contributed by atoms with E-state index in [2.05, 4.69) is 15.9 Å². The van der Waals surface area contributed by atoms with E-state index in [1.54, 1.807) is 0 Å². The lowest BCUT2D eigenvalue weighted by Gasteiger charge is -2.36. The van der Waals surface area contributed by atoms with Crippen LogP contribution in [-0.4, -0.2) is 17.4 Å². The average molecular weight is 207 g/mol. The molecule has 0 amide bonds. The van der Waals surface area contributed by atoms with Gasteiger partial charge < -0.3 is 4.74 Å². The summed E-state index contributed by atoms with van der Waals surface area (Å²) in [4.78, 5) is 10.8. The Bertz CT molecular complexity index is 145. The molecule has 0 spiro atoms. The largest absolute Gasteiger partial charge is 0.460 e. The Hall–Kier alpha value is -0.0500. The normalized spacial score (nSPS) is 31.8. The minimum absolute atomic E-state index is 0.0422. The van der Waals surface area contributed by atoms with Crippen molar-refractivity contribution in [3.63, 3.8) is 0 Å². The van der Waals surface area contributed by atoms with Gasteiger partial charge >= 0.3 is 5.97 Å². The van der Waals surface area contributed by atoms with Crippen LogP contribution in [-0.2, 0) is 9.53 Å². The number of cyclic esters (lactones) is 1. The third-order valence-corrected chi connectivity index (χ3v) is 2.45. The maximum absolute atomic E-state index is 10.8. The Labute approximate surface area is 69.1 Å². The van der Waals surface area contributed by atoms with Crippen LogP contribution in [0.4, 0.5) is 0 Å². The number of carbonyl (C=O) groups is 1. The second-order valence-electron chi connectivity index (χ2n) is 2.90. The summed E-state index contributed by atoms with van der Waals surface area (Å²) in [6, 6.07) is 0. The van der Waals surface area contributed by atoms with Gasteiger partial charge in [0.1, 0.15) is 6.10 Å². The summed E-state index contributed by atoms with van der Waals surface area (Å²) in [5.41, 5.74) is 0. The first-order valence-corrected chi connectivity index (χ1v) is 4.55. The zero-order chi connectivity index (χ0) is 7.72. The molecule has 0 bridgehead atoms. The molecule has 58 valence electrons. The van der Waals surface area contributed by atoms with Gasteiger partial charge in [-0.1, -0.05) is 29.8 Å². The SMILES string of the molecule is CC(C)[C@@H]1C(=O)O[C@H]1CBr. The lowest BCUT2D eigenvalue weighted by molar-refractivity contribution is -0.185. The van der Waals surface area contributed by atoms with Crippen LogP contribution in [0.5, 0.6) is 0 Å². The van der Waals surface area contributed by atoms with Crippen LogP contribution in [0, 0.1) is 11.8 Å². The molecule has 3 heteroatoms. The highest BCUT2D eigenvalue weighted by molar-refractivity contribution is 9.09. The molecule has 0 N–H and O–H groups in total. The monoisotopic (exact) mass is 206 g/mol. The predicted octanol–water partition coefficient (Wildman–Crippen LogP) is 1.58. The lowest BCUT2D eigenvalue weighted by Crippen LogP contribution is -2.48. The predicted molar refractivity (Wildman–Crippen MR) is 42.0 cm³/mol. The second-order valence-corrected chi connectivity index (χ2v) is 3.55. The maximum Gasteiger partial charge on any atom is 0.313 e. The molecule has 10 heavy (non-hydrogen) atoms. The Morgan fingerprint density at radius 2 is 2.30 bits per heavy atom. The molecule has 1 fully saturated rings. The number of carbonyl (C=O) groups excluding carboxylic acids is 1. The van der Waals surface area contributed by atoms with Crippen LogP contribution < -0.4 is 0 Å². The highest BCUT2D eigenvalue weighted by atomic mass is 79.9. The van der Waals surface area contributed by atoms with Crippen LogP contribution in [0.15, 0.2) is 0 Å². The molecule has 0 saturated carbocycles. The van der Waals surface area contributed by atoms with E-state index in [0.717, 1.165) is 5.33 Å². The molecule has 2 atom stereocenters. The standard InChI is InChI=1S/C7H11BrO2/c1-4(2)6-5(3-8)10-7(6)9/h4-6H,3H2,1-2H3/t5-,6-/m0/s1. The quantitative estimate of drug-likeness (QED) is 0.507. The first-order valence-electron chi connectivity index (χ1n) is 3.43. The summed E-state index contributed by atoms with van der Waals surface area (Å²) in [6.45, 7) is 4.08. The first kappa shape index (κ1) is 8.05. The molecular weight excluding hydrogens is 196 g/mol. The minimum Gasteiger partial charge on any atom is -0.460 e. The third-order valence-electron chi connectivity index (χ3n) is 1.81. The molecule has 1 rings (SSSR count). The van der Waals surface area contributed by atoms with Gasteiger partial charge in [0.25, 0.3) is 0 Å². The maximum atomic E-state index is 10.8. The van der Waals surface area contributed by atoms with E-state index in [0.29, 0.717) is 5.92 Å². The molecule has 1 aliphatic heterocycles. The van der Waals surface area contributed by atoms with Crippen molar-refractivity contribution >= 4 is 21.9 Å². The summed E-state index contributed by atoms with van der Waals surface area (Å²) in [6.07, 6.45) is 0.118. The van der Waals surface area contributed by atoms with E-state index in [9.17, 15) is 4.79 Å². The zero-order valence-corrected chi connectivity index (χ0v) is 7.72. The van der Waals surface area contributed by atoms with Gasteiger partial charge in [0.05, 0.1) is 5.92 Å². The number of halogens is 1. The van der Waals surface area contributed by atoms with Crippen LogP contribution in [0.1, 0.15) is 13.8 Å². The van der Waals surface area contributed by atoms with E-state index in [4.69, 9.17) is 4.74 Å².